The minimum absolute atomic E-state index is 0.691. The van der Waals surface area contributed by atoms with E-state index in [9.17, 15) is 0 Å². The molecule has 0 bridgehead atoms. The zero-order valence-electron chi connectivity index (χ0n) is 4.92. The maximum Gasteiger partial charge on any atom is 0.167 e. The topological polar surface area (TPSA) is 9.23 Å². The average molecular weight is 118 g/mol. The molecule has 1 heterocycles. The normalized spacial score (nSPS) is 15.6. The van der Waals surface area contributed by atoms with E-state index >= 15 is 0 Å². The highest BCUT2D eigenvalue weighted by molar-refractivity contribution is 5.33. The predicted molar refractivity (Wildman–Crippen MR) is 33.6 cm³/mol. The van der Waals surface area contributed by atoms with Crippen LogP contribution in [0.15, 0.2) is 24.3 Å². The second-order valence-electron chi connectivity index (χ2n) is 2.05. The van der Waals surface area contributed by atoms with Crippen LogP contribution in [0, 0.1) is 6.61 Å². The van der Waals surface area contributed by atoms with Crippen LogP contribution in [-0.2, 0) is 11.3 Å². The van der Waals surface area contributed by atoms with E-state index in [2.05, 4.69) is 12.7 Å². The molecule has 0 saturated heterocycles. The standard InChI is InChI=1S/C8H6O/c1-2-4-8-6-9-5-7(8)3-1/h1-4H,5H2. The van der Waals surface area contributed by atoms with Gasteiger partial charge in [0.15, 0.2) is 6.61 Å². The van der Waals surface area contributed by atoms with Crippen LogP contribution in [0.2, 0.25) is 0 Å². The molecule has 1 aromatic rings. The van der Waals surface area contributed by atoms with Crippen LogP contribution in [0.5, 0.6) is 0 Å². The van der Waals surface area contributed by atoms with Gasteiger partial charge >= 0.3 is 0 Å². The molecular weight excluding hydrogens is 112 g/mol. The first kappa shape index (κ1) is 5.00. The fraction of sp³-hybridized carbons (Fsp3) is 0.125. The van der Waals surface area contributed by atoms with Gasteiger partial charge in [-0.15, -0.1) is 0 Å². The Kier molecular flexibility index (Phi) is 1.03. The fourth-order valence-corrected chi connectivity index (χ4v) is 0.937. The van der Waals surface area contributed by atoms with Crippen LogP contribution >= 0.6 is 0 Å². The van der Waals surface area contributed by atoms with Gasteiger partial charge in [-0.05, 0) is 11.1 Å². The predicted octanol–water partition coefficient (Wildman–Crippen LogP) is 1.60. The molecule has 0 fully saturated rings. The summed E-state index contributed by atoms with van der Waals surface area (Å²) in [4.78, 5) is 0. The summed E-state index contributed by atoms with van der Waals surface area (Å²) in [5.41, 5.74) is 2.33. The highest BCUT2D eigenvalue weighted by Gasteiger charge is 2.09. The summed E-state index contributed by atoms with van der Waals surface area (Å²) in [5, 5.41) is 0. The Bertz CT molecular complexity index is 195. The first-order valence-corrected chi connectivity index (χ1v) is 2.92. The largest absolute Gasteiger partial charge is 0.358 e. The lowest BCUT2D eigenvalue weighted by atomic mass is 10.1. The van der Waals surface area contributed by atoms with Gasteiger partial charge < -0.3 is 4.74 Å². The number of hydrogen-bond donors (Lipinski definition) is 0. The molecule has 2 rings (SSSR count). The highest BCUT2D eigenvalue weighted by atomic mass is 16.5. The van der Waals surface area contributed by atoms with Gasteiger partial charge in [-0.25, -0.2) is 0 Å². The number of fused-ring (bicyclic) bond motifs is 1. The molecule has 44 valence electrons. The second kappa shape index (κ2) is 1.85. The SMILES string of the molecule is [C]1OCc2ccccc21. The lowest BCUT2D eigenvalue weighted by Gasteiger charge is -1.89. The number of benzene rings is 1. The molecule has 0 amide bonds. The molecule has 0 N–H and O–H groups in total. The summed E-state index contributed by atoms with van der Waals surface area (Å²) in [6, 6.07) is 8.05. The van der Waals surface area contributed by atoms with Gasteiger partial charge in [0.05, 0.1) is 6.61 Å². The molecule has 0 saturated carbocycles. The maximum absolute atomic E-state index is 4.96. The molecular formula is C8H6O. The Labute approximate surface area is 54.3 Å². The van der Waals surface area contributed by atoms with E-state index in [0.29, 0.717) is 6.61 Å². The maximum atomic E-state index is 4.96. The van der Waals surface area contributed by atoms with Crippen molar-refractivity contribution in [1.82, 2.24) is 0 Å². The quantitative estimate of drug-likeness (QED) is 0.502. The van der Waals surface area contributed by atoms with E-state index in [1.54, 1.807) is 0 Å². The van der Waals surface area contributed by atoms with E-state index in [-0.39, 0.29) is 0 Å². The van der Waals surface area contributed by atoms with Crippen LogP contribution in [0.1, 0.15) is 11.1 Å². The molecule has 0 aliphatic carbocycles. The molecule has 0 spiro atoms. The van der Waals surface area contributed by atoms with Crippen LogP contribution in [0.4, 0.5) is 0 Å². The average Bonchev–Trinajstić information content (AvgIpc) is 2.33. The molecule has 0 aromatic heterocycles. The third-order valence-corrected chi connectivity index (χ3v) is 1.43. The van der Waals surface area contributed by atoms with Crippen molar-refractivity contribution in [3.8, 4) is 0 Å². The van der Waals surface area contributed by atoms with E-state index in [0.717, 1.165) is 5.56 Å². The fourth-order valence-electron chi connectivity index (χ4n) is 0.937. The van der Waals surface area contributed by atoms with Crippen molar-refractivity contribution in [1.29, 1.82) is 0 Å². The third-order valence-electron chi connectivity index (χ3n) is 1.43. The van der Waals surface area contributed by atoms with Gasteiger partial charge in [0.25, 0.3) is 0 Å². The Balaban J connectivity index is 2.54. The molecule has 1 heteroatoms. The van der Waals surface area contributed by atoms with Crippen molar-refractivity contribution in [2.75, 3.05) is 0 Å². The summed E-state index contributed by atoms with van der Waals surface area (Å²) in [6.07, 6.45) is 0. The van der Waals surface area contributed by atoms with Crippen molar-refractivity contribution in [2.45, 2.75) is 6.61 Å². The molecule has 0 atom stereocenters. The number of ether oxygens (including phenoxy) is 1. The van der Waals surface area contributed by atoms with Gasteiger partial charge in [0.1, 0.15) is 0 Å². The summed E-state index contributed by atoms with van der Waals surface area (Å²) in [5.74, 6) is 0. The minimum atomic E-state index is 0.691. The number of rotatable bonds is 0. The third kappa shape index (κ3) is 0.736. The smallest absolute Gasteiger partial charge is 0.167 e. The van der Waals surface area contributed by atoms with Crippen LogP contribution in [-0.4, -0.2) is 0 Å². The molecule has 9 heavy (non-hydrogen) atoms. The summed E-state index contributed by atoms with van der Waals surface area (Å²) >= 11 is 0. The lowest BCUT2D eigenvalue weighted by Crippen LogP contribution is -1.76. The van der Waals surface area contributed by atoms with E-state index in [4.69, 9.17) is 4.74 Å². The lowest BCUT2D eigenvalue weighted by molar-refractivity contribution is 0.223. The Hall–Kier alpha value is -0.820. The van der Waals surface area contributed by atoms with Crippen LogP contribution < -0.4 is 0 Å². The van der Waals surface area contributed by atoms with Gasteiger partial charge in [-0.2, -0.15) is 0 Å². The highest BCUT2D eigenvalue weighted by Crippen LogP contribution is 2.19. The molecule has 1 aromatic carbocycles. The first-order chi connectivity index (χ1) is 4.47. The molecule has 2 radical (unpaired) electrons. The van der Waals surface area contributed by atoms with Gasteiger partial charge in [0.2, 0.25) is 0 Å². The molecule has 0 unspecified atom stereocenters. The van der Waals surface area contributed by atoms with Crippen molar-refractivity contribution in [3.05, 3.63) is 42.0 Å². The van der Waals surface area contributed by atoms with Crippen LogP contribution in [0.3, 0.4) is 0 Å². The zero-order chi connectivity index (χ0) is 6.10. The second-order valence-corrected chi connectivity index (χ2v) is 2.05. The molecule has 1 aliphatic heterocycles. The van der Waals surface area contributed by atoms with Crippen molar-refractivity contribution in [2.24, 2.45) is 0 Å². The van der Waals surface area contributed by atoms with E-state index < -0.39 is 0 Å². The Morgan fingerprint density at radius 3 is 3.11 bits per heavy atom. The van der Waals surface area contributed by atoms with Crippen molar-refractivity contribution in [3.63, 3.8) is 0 Å². The van der Waals surface area contributed by atoms with E-state index in [1.165, 1.54) is 5.56 Å². The van der Waals surface area contributed by atoms with Crippen molar-refractivity contribution >= 4 is 0 Å². The van der Waals surface area contributed by atoms with E-state index in [1.807, 2.05) is 18.2 Å². The van der Waals surface area contributed by atoms with Gasteiger partial charge in [-0.1, -0.05) is 24.3 Å². The summed E-state index contributed by atoms with van der Waals surface area (Å²) in [6.45, 7) is 3.49. The molecule has 1 aliphatic rings. The monoisotopic (exact) mass is 118 g/mol. The summed E-state index contributed by atoms with van der Waals surface area (Å²) in [7, 11) is 0. The Morgan fingerprint density at radius 2 is 2.22 bits per heavy atom. The Morgan fingerprint density at radius 1 is 1.33 bits per heavy atom. The minimum Gasteiger partial charge on any atom is -0.358 e. The zero-order valence-corrected chi connectivity index (χ0v) is 4.92. The first-order valence-electron chi connectivity index (χ1n) is 2.92. The molecule has 1 nitrogen and oxygen atoms in total. The van der Waals surface area contributed by atoms with Crippen LogP contribution in [0.25, 0.3) is 0 Å². The van der Waals surface area contributed by atoms with Crippen molar-refractivity contribution < 1.29 is 4.74 Å². The van der Waals surface area contributed by atoms with Gasteiger partial charge in [0, 0.05) is 0 Å². The summed E-state index contributed by atoms with van der Waals surface area (Å²) < 4.78 is 4.96. The number of hydrogen-bond acceptors (Lipinski definition) is 1. The van der Waals surface area contributed by atoms with Gasteiger partial charge in [-0.3, -0.25) is 0 Å².